The van der Waals surface area contributed by atoms with Gasteiger partial charge < -0.3 is 9.97 Å². The molecule has 0 radical (unpaired) electrons. The van der Waals surface area contributed by atoms with Crippen molar-refractivity contribution in [1.82, 2.24) is 19.9 Å². The molecule has 2 aromatic heterocycles. The lowest BCUT2D eigenvalue weighted by atomic mass is 10.1. The summed E-state index contributed by atoms with van der Waals surface area (Å²) >= 11 is 0. The Bertz CT molecular complexity index is 924. The zero-order valence-corrected chi connectivity index (χ0v) is 12.6. The van der Waals surface area contributed by atoms with Crippen molar-refractivity contribution in [3.05, 3.63) is 68.6 Å². The van der Waals surface area contributed by atoms with Crippen LogP contribution in [0.2, 0.25) is 0 Å². The minimum atomic E-state index is -0.428. The highest BCUT2D eigenvalue weighted by Gasteiger charge is 2.25. The maximum Gasteiger partial charge on any atom is 0.325 e. The second kappa shape index (κ2) is 5.55. The monoisotopic (exact) mass is 310 g/mol. The van der Waals surface area contributed by atoms with E-state index in [1.54, 1.807) is 0 Å². The van der Waals surface area contributed by atoms with Gasteiger partial charge in [-0.1, -0.05) is 12.1 Å². The first-order chi connectivity index (χ1) is 11.2. The van der Waals surface area contributed by atoms with Gasteiger partial charge in [-0.2, -0.15) is 0 Å². The number of fused-ring (bicyclic) bond motifs is 1. The molecule has 6 nitrogen and oxygen atoms in total. The molecule has 0 spiro atoms. The van der Waals surface area contributed by atoms with Crippen LogP contribution in [0.5, 0.6) is 0 Å². The van der Waals surface area contributed by atoms with E-state index < -0.39 is 5.69 Å². The van der Waals surface area contributed by atoms with Crippen molar-refractivity contribution in [1.29, 1.82) is 0 Å². The van der Waals surface area contributed by atoms with E-state index in [0.717, 1.165) is 37.3 Å². The predicted octanol–water partition coefficient (Wildman–Crippen LogP) is 1.53. The number of rotatable bonds is 3. The van der Waals surface area contributed by atoms with E-state index in [4.69, 9.17) is 0 Å². The second-order valence-corrected chi connectivity index (χ2v) is 6.16. The van der Waals surface area contributed by atoms with Crippen molar-refractivity contribution in [3.63, 3.8) is 0 Å². The van der Waals surface area contributed by atoms with Crippen LogP contribution in [-0.2, 0) is 6.54 Å². The van der Waals surface area contributed by atoms with Gasteiger partial charge in [-0.3, -0.25) is 14.7 Å². The largest absolute Gasteiger partial charge is 0.361 e. The van der Waals surface area contributed by atoms with Crippen LogP contribution >= 0.6 is 0 Å². The number of hydrogen-bond acceptors (Lipinski definition) is 3. The Kier molecular flexibility index (Phi) is 3.38. The fraction of sp³-hybridized carbons (Fsp3) is 0.294. The van der Waals surface area contributed by atoms with Crippen LogP contribution in [0.3, 0.4) is 0 Å². The van der Waals surface area contributed by atoms with Gasteiger partial charge in [-0.15, -0.1) is 0 Å². The molecule has 23 heavy (non-hydrogen) atoms. The summed E-state index contributed by atoms with van der Waals surface area (Å²) in [5, 5.41) is 1.22. The lowest BCUT2D eigenvalue weighted by Gasteiger charge is -2.16. The van der Waals surface area contributed by atoms with Gasteiger partial charge in [0.25, 0.3) is 5.56 Å². The van der Waals surface area contributed by atoms with Crippen LogP contribution in [0.4, 0.5) is 0 Å². The second-order valence-electron chi connectivity index (χ2n) is 6.16. The number of hydrogen-bond donors (Lipinski definition) is 3. The van der Waals surface area contributed by atoms with Crippen LogP contribution in [-0.4, -0.2) is 32.9 Å². The Hall–Kier alpha value is -2.60. The molecule has 1 fully saturated rings. The molecule has 1 unspecified atom stereocenters. The van der Waals surface area contributed by atoms with Crippen molar-refractivity contribution >= 4 is 10.9 Å². The number of aromatic nitrogens is 3. The molecule has 0 bridgehead atoms. The highest BCUT2D eigenvalue weighted by Crippen LogP contribution is 2.26. The zero-order valence-electron chi connectivity index (χ0n) is 12.6. The van der Waals surface area contributed by atoms with Gasteiger partial charge >= 0.3 is 5.69 Å². The molecule has 1 aliphatic rings. The number of likely N-dealkylation sites (tertiary alicyclic amines) is 1. The van der Waals surface area contributed by atoms with Crippen LogP contribution < -0.4 is 11.2 Å². The average Bonchev–Trinajstić information content (AvgIpc) is 3.14. The van der Waals surface area contributed by atoms with Crippen molar-refractivity contribution in [3.8, 4) is 0 Å². The molecule has 1 aliphatic heterocycles. The molecule has 0 aliphatic carbocycles. The lowest BCUT2D eigenvalue weighted by molar-refractivity contribution is 0.326. The summed E-state index contributed by atoms with van der Waals surface area (Å²) < 4.78 is 0. The fourth-order valence-electron chi connectivity index (χ4n) is 3.39. The topological polar surface area (TPSA) is 84.8 Å². The number of H-pyrrole nitrogens is 3. The van der Waals surface area contributed by atoms with E-state index in [1.165, 1.54) is 17.0 Å². The molecule has 6 heteroatoms. The summed E-state index contributed by atoms with van der Waals surface area (Å²) in [5.41, 5.74) is 2.39. The smallest absolute Gasteiger partial charge is 0.325 e. The van der Waals surface area contributed by atoms with E-state index in [-0.39, 0.29) is 11.5 Å². The van der Waals surface area contributed by atoms with Gasteiger partial charge in [-0.05, 0) is 36.0 Å². The van der Waals surface area contributed by atoms with Gasteiger partial charge in [0.05, 0.1) is 0 Å². The molecule has 3 N–H and O–H groups in total. The Morgan fingerprint density at radius 3 is 2.91 bits per heavy atom. The van der Waals surface area contributed by atoms with Gasteiger partial charge in [0, 0.05) is 42.5 Å². The van der Waals surface area contributed by atoms with Crippen LogP contribution in [0.1, 0.15) is 23.6 Å². The SMILES string of the molecule is O=c1cc(C2CCN(Cc3ccc4cc[nH]c4c3)C2)[nH]c(=O)[nH]1. The molecule has 0 amide bonds. The molecule has 1 atom stereocenters. The molecule has 1 aromatic carbocycles. The summed E-state index contributed by atoms with van der Waals surface area (Å²) in [6.45, 7) is 2.68. The molecule has 0 saturated carbocycles. The first-order valence-electron chi connectivity index (χ1n) is 7.79. The lowest BCUT2D eigenvalue weighted by Crippen LogP contribution is -2.25. The minimum Gasteiger partial charge on any atom is -0.361 e. The molecule has 1 saturated heterocycles. The van der Waals surface area contributed by atoms with Crippen molar-refractivity contribution in [2.24, 2.45) is 0 Å². The van der Waals surface area contributed by atoms with Crippen molar-refractivity contribution in [2.75, 3.05) is 13.1 Å². The van der Waals surface area contributed by atoms with E-state index in [0.29, 0.717) is 0 Å². The third kappa shape index (κ3) is 2.85. The molecule has 3 aromatic rings. The third-order valence-corrected chi connectivity index (χ3v) is 4.52. The molecule has 118 valence electrons. The number of aromatic amines is 3. The van der Waals surface area contributed by atoms with Crippen molar-refractivity contribution in [2.45, 2.75) is 18.9 Å². The average molecular weight is 310 g/mol. The van der Waals surface area contributed by atoms with E-state index in [2.05, 4.69) is 44.1 Å². The molecular formula is C17H18N4O2. The summed E-state index contributed by atoms with van der Waals surface area (Å²) in [4.78, 5) is 33.4. The summed E-state index contributed by atoms with van der Waals surface area (Å²) in [5.74, 6) is 0.208. The van der Waals surface area contributed by atoms with Crippen LogP contribution in [0.15, 0.2) is 46.1 Å². The Morgan fingerprint density at radius 2 is 2.04 bits per heavy atom. The van der Waals surface area contributed by atoms with Gasteiger partial charge in [-0.25, -0.2) is 4.79 Å². The minimum absolute atomic E-state index is 0.208. The van der Waals surface area contributed by atoms with Crippen LogP contribution in [0.25, 0.3) is 10.9 Å². The van der Waals surface area contributed by atoms with Gasteiger partial charge in [0.1, 0.15) is 0 Å². The highest BCUT2D eigenvalue weighted by molar-refractivity contribution is 5.79. The standard InChI is InChI=1S/C17H18N4O2/c22-16-8-15(19-17(23)20-16)13-4-6-21(10-13)9-11-1-2-12-3-5-18-14(12)7-11/h1-3,5,7-8,13,18H,4,6,9-10H2,(H2,19,20,22,23). The van der Waals surface area contributed by atoms with Crippen LogP contribution in [0, 0.1) is 0 Å². The number of nitrogens with one attached hydrogen (secondary N) is 3. The maximum atomic E-state index is 11.4. The summed E-state index contributed by atoms with van der Waals surface area (Å²) in [6, 6.07) is 10.0. The summed E-state index contributed by atoms with van der Waals surface area (Å²) in [6.07, 6.45) is 2.90. The molecule has 4 rings (SSSR count). The van der Waals surface area contributed by atoms with Gasteiger partial charge in [0.2, 0.25) is 0 Å². The third-order valence-electron chi connectivity index (χ3n) is 4.52. The molecular weight excluding hydrogens is 292 g/mol. The molecule has 3 heterocycles. The normalized spacial score (nSPS) is 18.7. The van der Waals surface area contributed by atoms with Crippen molar-refractivity contribution < 1.29 is 0 Å². The Labute approximate surface area is 132 Å². The number of benzene rings is 1. The quantitative estimate of drug-likeness (QED) is 0.686. The maximum absolute atomic E-state index is 11.4. The number of nitrogens with zero attached hydrogens (tertiary/aromatic N) is 1. The van der Waals surface area contributed by atoms with E-state index in [9.17, 15) is 9.59 Å². The first kappa shape index (κ1) is 14.0. The summed E-state index contributed by atoms with van der Waals surface area (Å²) in [7, 11) is 0. The highest BCUT2D eigenvalue weighted by atomic mass is 16.2. The van der Waals surface area contributed by atoms with E-state index in [1.807, 2.05) is 6.20 Å². The van der Waals surface area contributed by atoms with E-state index >= 15 is 0 Å². The predicted molar refractivity (Wildman–Crippen MR) is 88.6 cm³/mol. The Morgan fingerprint density at radius 1 is 1.13 bits per heavy atom. The Balaban J connectivity index is 1.49. The fourth-order valence-corrected chi connectivity index (χ4v) is 3.39. The first-order valence-corrected chi connectivity index (χ1v) is 7.79. The van der Waals surface area contributed by atoms with Gasteiger partial charge in [0.15, 0.2) is 0 Å². The zero-order chi connectivity index (χ0) is 15.8.